The van der Waals surface area contributed by atoms with Crippen molar-refractivity contribution in [3.63, 3.8) is 0 Å². The van der Waals surface area contributed by atoms with Gasteiger partial charge in [0.25, 0.3) is 0 Å². The highest BCUT2D eigenvalue weighted by molar-refractivity contribution is 5.89. The molecule has 3 rings (SSSR count). The van der Waals surface area contributed by atoms with Gasteiger partial charge >= 0.3 is 11.9 Å². The molecule has 1 saturated heterocycles. The van der Waals surface area contributed by atoms with Crippen molar-refractivity contribution >= 4 is 11.9 Å². The van der Waals surface area contributed by atoms with Crippen LogP contribution in [-0.4, -0.2) is 43.1 Å². The standard InChI is InChI=1S/C21H22O6/c1-21(2)26-17(13-24-19(22)15-9-5-3-6-10-15)18(27-21)14-25-20(23)16-11-7-4-8-12-16/h3-12,17-18H,13-14H2,1-2H3. The monoisotopic (exact) mass is 370 g/mol. The van der Waals surface area contributed by atoms with Crippen molar-refractivity contribution in [2.45, 2.75) is 31.8 Å². The first-order valence-corrected chi connectivity index (χ1v) is 8.74. The maximum absolute atomic E-state index is 12.1. The summed E-state index contributed by atoms with van der Waals surface area (Å²) in [5.74, 6) is -1.74. The molecule has 0 aromatic heterocycles. The molecule has 6 nitrogen and oxygen atoms in total. The van der Waals surface area contributed by atoms with Crippen molar-refractivity contribution in [3.8, 4) is 0 Å². The van der Waals surface area contributed by atoms with E-state index in [9.17, 15) is 9.59 Å². The number of hydrogen-bond acceptors (Lipinski definition) is 6. The van der Waals surface area contributed by atoms with Crippen LogP contribution in [0.5, 0.6) is 0 Å². The van der Waals surface area contributed by atoms with Crippen LogP contribution in [0.4, 0.5) is 0 Å². The molecule has 2 aromatic rings. The summed E-state index contributed by atoms with van der Waals surface area (Å²) in [5.41, 5.74) is 0.922. The Hall–Kier alpha value is -2.70. The molecule has 0 spiro atoms. The van der Waals surface area contributed by atoms with Crippen LogP contribution in [-0.2, 0) is 18.9 Å². The number of carbonyl (C=O) groups is 2. The fourth-order valence-electron chi connectivity index (χ4n) is 2.82. The Morgan fingerprint density at radius 2 is 1.15 bits per heavy atom. The van der Waals surface area contributed by atoms with Crippen molar-refractivity contribution in [1.82, 2.24) is 0 Å². The molecule has 0 N–H and O–H groups in total. The highest BCUT2D eigenvalue weighted by Gasteiger charge is 2.42. The molecule has 27 heavy (non-hydrogen) atoms. The number of hydrogen-bond donors (Lipinski definition) is 0. The zero-order chi connectivity index (χ0) is 19.3. The third kappa shape index (κ3) is 5.15. The first-order valence-electron chi connectivity index (χ1n) is 8.74. The molecule has 142 valence electrons. The van der Waals surface area contributed by atoms with E-state index in [1.165, 1.54) is 0 Å². The lowest BCUT2D eigenvalue weighted by Crippen LogP contribution is -2.33. The Bertz CT molecular complexity index is 706. The lowest BCUT2D eigenvalue weighted by molar-refractivity contribution is -0.151. The Labute approximate surface area is 158 Å². The normalized spacial score (nSPS) is 20.8. The van der Waals surface area contributed by atoms with Gasteiger partial charge in [-0.1, -0.05) is 36.4 Å². The molecule has 1 heterocycles. The van der Waals surface area contributed by atoms with Crippen molar-refractivity contribution in [1.29, 1.82) is 0 Å². The van der Waals surface area contributed by atoms with E-state index in [2.05, 4.69) is 0 Å². The van der Waals surface area contributed by atoms with Gasteiger partial charge in [-0.3, -0.25) is 0 Å². The molecule has 0 aliphatic carbocycles. The second-order valence-corrected chi connectivity index (χ2v) is 6.64. The molecule has 1 aliphatic rings. The molecule has 1 aliphatic heterocycles. The van der Waals surface area contributed by atoms with Crippen LogP contribution in [0.15, 0.2) is 60.7 Å². The average molecular weight is 370 g/mol. The third-order valence-corrected chi connectivity index (χ3v) is 4.06. The highest BCUT2D eigenvalue weighted by atomic mass is 16.8. The molecule has 0 amide bonds. The molecular weight excluding hydrogens is 348 g/mol. The summed E-state index contributed by atoms with van der Waals surface area (Å²) in [7, 11) is 0. The number of esters is 2. The number of rotatable bonds is 6. The van der Waals surface area contributed by atoms with Gasteiger partial charge in [0.1, 0.15) is 25.4 Å². The van der Waals surface area contributed by atoms with Gasteiger partial charge in [-0.15, -0.1) is 0 Å². The summed E-state index contributed by atoms with van der Waals surface area (Å²) >= 11 is 0. The Morgan fingerprint density at radius 3 is 1.52 bits per heavy atom. The second-order valence-electron chi connectivity index (χ2n) is 6.64. The number of benzene rings is 2. The Morgan fingerprint density at radius 1 is 0.778 bits per heavy atom. The smallest absolute Gasteiger partial charge is 0.338 e. The zero-order valence-electron chi connectivity index (χ0n) is 15.3. The predicted octanol–water partition coefficient (Wildman–Crippen LogP) is 3.22. The molecule has 1 fully saturated rings. The van der Waals surface area contributed by atoms with Crippen molar-refractivity contribution < 1.29 is 28.5 Å². The molecule has 0 bridgehead atoms. The van der Waals surface area contributed by atoms with E-state index in [4.69, 9.17) is 18.9 Å². The summed E-state index contributed by atoms with van der Waals surface area (Å²) in [6, 6.07) is 17.4. The molecule has 0 radical (unpaired) electrons. The first kappa shape index (κ1) is 19.1. The van der Waals surface area contributed by atoms with E-state index in [0.717, 1.165) is 0 Å². The summed E-state index contributed by atoms with van der Waals surface area (Å²) in [5, 5.41) is 0. The van der Waals surface area contributed by atoms with Crippen LogP contribution in [0.3, 0.4) is 0 Å². The van der Waals surface area contributed by atoms with Crippen LogP contribution in [0, 0.1) is 0 Å². The van der Waals surface area contributed by atoms with E-state index in [0.29, 0.717) is 11.1 Å². The van der Waals surface area contributed by atoms with Gasteiger partial charge in [-0.05, 0) is 38.1 Å². The summed E-state index contributed by atoms with van der Waals surface area (Å²) in [6.07, 6.45) is -1.06. The van der Waals surface area contributed by atoms with Gasteiger partial charge in [0, 0.05) is 0 Å². The third-order valence-electron chi connectivity index (χ3n) is 4.06. The van der Waals surface area contributed by atoms with Crippen LogP contribution >= 0.6 is 0 Å². The van der Waals surface area contributed by atoms with Gasteiger partial charge in [0.15, 0.2) is 5.79 Å². The van der Waals surface area contributed by atoms with Crippen LogP contribution in [0.1, 0.15) is 34.6 Å². The minimum Gasteiger partial charge on any atom is -0.459 e. The van der Waals surface area contributed by atoms with Crippen molar-refractivity contribution in [2.75, 3.05) is 13.2 Å². The molecular formula is C21H22O6. The van der Waals surface area contributed by atoms with Crippen molar-refractivity contribution in [2.24, 2.45) is 0 Å². The highest BCUT2D eigenvalue weighted by Crippen LogP contribution is 2.29. The first-order chi connectivity index (χ1) is 12.9. The largest absolute Gasteiger partial charge is 0.459 e. The maximum atomic E-state index is 12.1. The van der Waals surface area contributed by atoms with Crippen LogP contribution in [0.2, 0.25) is 0 Å². The van der Waals surface area contributed by atoms with E-state index in [1.54, 1.807) is 62.4 Å². The van der Waals surface area contributed by atoms with Gasteiger partial charge in [0.2, 0.25) is 0 Å². The van der Waals surface area contributed by atoms with Gasteiger partial charge in [0.05, 0.1) is 11.1 Å². The summed E-state index contributed by atoms with van der Waals surface area (Å²) < 4.78 is 22.3. The predicted molar refractivity (Wildman–Crippen MR) is 97.3 cm³/mol. The van der Waals surface area contributed by atoms with Crippen molar-refractivity contribution in [3.05, 3.63) is 71.8 Å². The Kier molecular flexibility index (Phi) is 5.88. The molecule has 0 saturated carbocycles. The minimum absolute atomic E-state index is 0.00467. The van der Waals surface area contributed by atoms with E-state index < -0.39 is 29.9 Å². The Balaban J connectivity index is 1.56. The molecule has 2 unspecified atom stereocenters. The maximum Gasteiger partial charge on any atom is 0.338 e. The SMILES string of the molecule is CC1(C)OC(COC(=O)c2ccccc2)C(COC(=O)c2ccccc2)O1. The number of ether oxygens (including phenoxy) is 4. The molecule has 6 heteroatoms. The number of carbonyl (C=O) groups excluding carboxylic acids is 2. The summed E-state index contributed by atoms with van der Waals surface area (Å²) in [4.78, 5) is 24.2. The van der Waals surface area contributed by atoms with E-state index in [-0.39, 0.29) is 13.2 Å². The fourth-order valence-corrected chi connectivity index (χ4v) is 2.82. The van der Waals surface area contributed by atoms with Gasteiger partial charge < -0.3 is 18.9 Å². The quantitative estimate of drug-likeness (QED) is 0.727. The lowest BCUT2D eigenvalue weighted by atomic mass is 10.2. The van der Waals surface area contributed by atoms with Gasteiger partial charge in [-0.2, -0.15) is 0 Å². The van der Waals surface area contributed by atoms with E-state index >= 15 is 0 Å². The van der Waals surface area contributed by atoms with Gasteiger partial charge in [-0.25, -0.2) is 9.59 Å². The lowest BCUT2D eigenvalue weighted by Gasteiger charge is -2.17. The summed E-state index contributed by atoms with van der Waals surface area (Å²) in [6.45, 7) is 3.53. The topological polar surface area (TPSA) is 71.1 Å². The average Bonchev–Trinajstić information content (AvgIpc) is 2.99. The van der Waals surface area contributed by atoms with E-state index in [1.807, 2.05) is 12.1 Å². The molecule has 2 aromatic carbocycles. The second kappa shape index (κ2) is 8.33. The molecule has 2 atom stereocenters. The zero-order valence-corrected chi connectivity index (χ0v) is 15.3. The fraction of sp³-hybridized carbons (Fsp3) is 0.333. The van der Waals surface area contributed by atoms with Crippen LogP contribution in [0.25, 0.3) is 0 Å². The van der Waals surface area contributed by atoms with Crippen LogP contribution < -0.4 is 0 Å². The minimum atomic E-state index is -0.854.